The van der Waals surface area contributed by atoms with Gasteiger partial charge in [0.05, 0.1) is 5.56 Å². The summed E-state index contributed by atoms with van der Waals surface area (Å²) >= 11 is 0. The standard InChI is InChI=1S/C15H12F5N/c16-13-6-3-11(14(17)7-13)9-21-8-10-1-4-12(5-2-10)15(18,19)20/h1-7,21H,8-9H2. The van der Waals surface area contributed by atoms with Gasteiger partial charge >= 0.3 is 6.18 Å². The Bertz CT molecular complexity index is 604. The fraction of sp³-hybridized carbons (Fsp3) is 0.200. The number of hydrogen-bond acceptors (Lipinski definition) is 1. The van der Waals surface area contributed by atoms with Crippen LogP contribution in [0.15, 0.2) is 42.5 Å². The van der Waals surface area contributed by atoms with Gasteiger partial charge in [-0.2, -0.15) is 13.2 Å². The molecule has 0 unspecified atom stereocenters. The van der Waals surface area contributed by atoms with Gasteiger partial charge in [0, 0.05) is 24.7 Å². The molecule has 1 N–H and O–H groups in total. The van der Waals surface area contributed by atoms with E-state index in [9.17, 15) is 22.0 Å². The first-order chi connectivity index (χ1) is 9.86. The second-order valence-corrected chi connectivity index (χ2v) is 4.53. The summed E-state index contributed by atoms with van der Waals surface area (Å²) in [6.07, 6.45) is -4.36. The topological polar surface area (TPSA) is 12.0 Å². The molecule has 0 aliphatic rings. The van der Waals surface area contributed by atoms with Gasteiger partial charge in [-0.25, -0.2) is 8.78 Å². The van der Waals surface area contributed by atoms with Gasteiger partial charge in [-0.3, -0.25) is 0 Å². The van der Waals surface area contributed by atoms with Gasteiger partial charge in [0.2, 0.25) is 0 Å². The van der Waals surface area contributed by atoms with Crippen molar-refractivity contribution in [1.82, 2.24) is 5.32 Å². The maximum absolute atomic E-state index is 13.4. The molecule has 0 saturated heterocycles. The molecule has 0 fully saturated rings. The molecule has 2 aromatic carbocycles. The summed E-state index contributed by atoms with van der Waals surface area (Å²) in [4.78, 5) is 0. The van der Waals surface area contributed by atoms with Crippen LogP contribution in [0.4, 0.5) is 22.0 Å². The van der Waals surface area contributed by atoms with Crippen molar-refractivity contribution in [3.05, 3.63) is 70.8 Å². The molecule has 0 amide bonds. The lowest BCUT2D eigenvalue weighted by Crippen LogP contribution is -2.14. The first kappa shape index (κ1) is 15.4. The molecule has 0 radical (unpaired) electrons. The van der Waals surface area contributed by atoms with E-state index in [1.54, 1.807) is 0 Å². The Kier molecular flexibility index (Phi) is 4.57. The third-order valence-corrected chi connectivity index (χ3v) is 2.94. The third kappa shape index (κ3) is 4.26. The molecule has 2 rings (SSSR count). The zero-order valence-corrected chi connectivity index (χ0v) is 10.8. The quantitative estimate of drug-likeness (QED) is 0.831. The van der Waals surface area contributed by atoms with Crippen LogP contribution in [0, 0.1) is 11.6 Å². The van der Waals surface area contributed by atoms with Crippen LogP contribution in [0.5, 0.6) is 0 Å². The first-order valence-corrected chi connectivity index (χ1v) is 6.17. The molecule has 1 nitrogen and oxygen atoms in total. The van der Waals surface area contributed by atoms with Gasteiger partial charge in [0.1, 0.15) is 11.6 Å². The lowest BCUT2D eigenvalue weighted by atomic mass is 10.1. The fourth-order valence-electron chi connectivity index (χ4n) is 1.82. The Morgan fingerprint density at radius 3 is 2.10 bits per heavy atom. The van der Waals surface area contributed by atoms with Crippen LogP contribution in [0.3, 0.4) is 0 Å². The highest BCUT2D eigenvalue weighted by Gasteiger charge is 2.29. The van der Waals surface area contributed by atoms with Crippen LogP contribution < -0.4 is 5.32 Å². The smallest absolute Gasteiger partial charge is 0.309 e. The predicted octanol–water partition coefficient (Wildman–Crippen LogP) is 4.27. The Labute approximate surface area is 118 Å². The lowest BCUT2D eigenvalue weighted by molar-refractivity contribution is -0.137. The molecule has 0 heterocycles. The molecule has 0 spiro atoms. The maximum atomic E-state index is 13.4. The Hall–Kier alpha value is -1.95. The zero-order chi connectivity index (χ0) is 15.5. The van der Waals surface area contributed by atoms with Crippen molar-refractivity contribution in [3.63, 3.8) is 0 Å². The van der Waals surface area contributed by atoms with Crippen molar-refractivity contribution in [2.45, 2.75) is 19.3 Å². The minimum absolute atomic E-state index is 0.160. The minimum atomic E-state index is -4.36. The minimum Gasteiger partial charge on any atom is -0.309 e. The van der Waals surface area contributed by atoms with Crippen LogP contribution >= 0.6 is 0 Å². The molecule has 6 heteroatoms. The molecule has 2 aromatic rings. The molecule has 0 aliphatic heterocycles. The van der Waals surface area contributed by atoms with Crippen molar-refractivity contribution in [2.75, 3.05) is 0 Å². The van der Waals surface area contributed by atoms with Crippen LogP contribution in [0.25, 0.3) is 0 Å². The Balaban J connectivity index is 1.91. The van der Waals surface area contributed by atoms with E-state index in [1.807, 2.05) is 0 Å². The highest BCUT2D eigenvalue weighted by atomic mass is 19.4. The Morgan fingerprint density at radius 1 is 0.857 bits per heavy atom. The maximum Gasteiger partial charge on any atom is 0.416 e. The molecule has 0 aromatic heterocycles. The van der Waals surface area contributed by atoms with Crippen LogP contribution in [0.2, 0.25) is 0 Å². The van der Waals surface area contributed by atoms with E-state index in [0.717, 1.165) is 24.3 Å². The molecule has 112 valence electrons. The second-order valence-electron chi connectivity index (χ2n) is 4.53. The van der Waals surface area contributed by atoms with Crippen molar-refractivity contribution in [3.8, 4) is 0 Å². The van der Waals surface area contributed by atoms with Crippen molar-refractivity contribution < 1.29 is 22.0 Å². The zero-order valence-electron chi connectivity index (χ0n) is 10.8. The first-order valence-electron chi connectivity index (χ1n) is 6.17. The largest absolute Gasteiger partial charge is 0.416 e. The van der Waals surface area contributed by atoms with E-state index in [-0.39, 0.29) is 13.1 Å². The van der Waals surface area contributed by atoms with E-state index in [2.05, 4.69) is 5.32 Å². The second kappa shape index (κ2) is 6.22. The van der Waals surface area contributed by atoms with E-state index in [0.29, 0.717) is 11.1 Å². The van der Waals surface area contributed by atoms with E-state index in [4.69, 9.17) is 0 Å². The summed E-state index contributed by atoms with van der Waals surface area (Å²) in [6.45, 7) is 0.447. The summed E-state index contributed by atoms with van der Waals surface area (Å²) in [7, 11) is 0. The summed E-state index contributed by atoms with van der Waals surface area (Å²) in [5, 5.41) is 2.89. The number of nitrogens with one attached hydrogen (secondary N) is 1. The lowest BCUT2D eigenvalue weighted by Gasteiger charge is -2.09. The molecule has 0 aliphatic carbocycles. The van der Waals surface area contributed by atoms with Gasteiger partial charge in [-0.05, 0) is 23.8 Å². The van der Waals surface area contributed by atoms with Crippen LogP contribution in [-0.2, 0) is 19.3 Å². The average molecular weight is 301 g/mol. The monoisotopic (exact) mass is 301 g/mol. The van der Waals surface area contributed by atoms with E-state index in [1.165, 1.54) is 18.2 Å². The normalized spacial score (nSPS) is 11.7. The van der Waals surface area contributed by atoms with Crippen molar-refractivity contribution >= 4 is 0 Å². The third-order valence-electron chi connectivity index (χ3n) is 2.94. The molecular formula is C15H12F5N. The summed E-state index contributed by atoms with van der Waals surface area (Å²) < 4.78 is 63.2. The van der Waals surface area contributed by atoms with Crippen LogP contribution in [0.1, 0.15) is 16.7 Å². The van der Waals surface area contributed by atoms with Crippen molar-refractivity contribution in [2.24, 2.45) is 0 Å². The number of benzene rings is 2. The van der Waals surface area contributed by atoms with Gasteiger partial charge in [-0.1, -0.05) is 18.2 Å². The molecule has 21 heavy (non-hydrogen) atoms. The Morgan fingerprint density at radius 2 is 1.52 bits per heavy atom. The van der Waals surface area contributed by atoms with Gasteiger partial charge < -0.3 is 5.32 Å². The van der Waals surface area contributed by atoms with Gasteiger partial charge in [0.15, 0.2) is 0 Å². The predicted molar refractivity (Wildman–Crippen MR) is 68.3 cm³/mol. The van der Waals surface area contributed by atoms with E-state index >= 15 is 0 Å². The number of halogens is 5. The molecule has 0 bridgehead atoms. The SMILES string of the molecule is Fc1ccc(CNCc2ccc(C(F)(F)F)cc2)c(F)c1. The summed E-state index contributed by atoms with van der Waals surface area (Å²) in [6, 6.07) is 7.97. The van der Waals surface area contributed by atoms with Gasteiger partial charge in [-0.15, -0.1) is 0 Å². The van der Waals surface area contributed by atoms with Crippen LogP contribution in [-0.4, -0.2) is 0 Å². The van der Waals surface area contributed by atoms with E-state index < -0.39 is 23.4 Å². The fourth-order valence-corrected chi connectivity index (χ4v) is 1.82. The van der Waals surface area contributed by atoms with Crippen molar-refractivity contribution in [1.29, 1.82) is 0 Å². The molecule has 0 saturated carbocycles. The summed E-state index contributed by atoms with van der Waals surface area (Å²) in [5.41, 5.74) is 0.227. The molecule has 0 atom stereocenters. The van der Waals surface area contributed by atoms with Gasteiger partial charge in [0.25, 0.3) is 0 Å². The highest BCUT2D eigenvalue weighted by Crippen LogP contribution is 2.29. The number of rotatable bonds is 4. The summed E-state index contributed by atoms with van der Waals surface area (Å²) in [5.74, 6) is -1.31. The average Bonchev–Trinajstić information content (AvgIpc) is 2.41. The highest BCUT2D eigenvalue weighted by molar-refractivity contribution is 5.24. The number of alkyl halides is 3. The number of hydrogen-bond donors (Lipinski definition) is 1. The molecular weight excluding hydrogens is 289 g/mol.